The van der Waals surface area contributed by atoms with Crippen LogP contribution in [-0.4, -0.2) is 43.9 Å². The second-order valence-corrected chi connectivity index (χ2v) is 6.90. The van der Waals surface area contributed by atoms with E-state index in [1.807, 2.05) is 6.92 Å². The molecule has 0 aromatic rings. The lowest BCUT2D eigenvalue weighted by atomic mass is 10.2. The van der Waals surface area contributed by atoms with Crippen LogP contribution in [0.1, 0.15) is 47.0 Å². The quantitative estimate of drug-likeness (QED) is 0.678. The molecule has 0 radical (unpaired) electrons. The Balaban J connectivity index is 4.41. The molecule has 0 unspecified atom stereocenters. The molecule has 0 fully saturated rings. The van der Waals surface area contributed by atoms with Crippen LogP contribution in [-0.2, 0) is 15.0 Å². The highest BCUT2D eigenvalue weighted by Crippen LogP contribution is 2.11. The van der Waals surface area contributed by atoms with Crippen molar-refractivity contribution in [1.29, 1.82) is 0 Å². The number of hydrogen-bond acceptors (Lipinski definition) is 4. The minimum absolute atomic E-state index is 0.0712. The fourth-order valence-corrected chi connectivity index (χ4v) is 1.87. The molecule has 1 amide bonds. The Morgan fingerprint density at radius 3 is 2.16 bits per heavy atom. The predicted molar refractivity (Wildman–Crippen MR) is 72.2 cm³/mol. The largest absolute Gasteiger partial charge is 0.444 e. The summed E-state index contributed by atoms with van der Waals surface area (Å²) >= 11 is 0. The summed E-state index contributed by atoms with van der Waals surface area (Å²) in [7, 11) is -4.48. The van der Waals surface area contributed by atoms with Crippen LogP contribution in [0.15, 0.2) is 0 Å². The predicted octanol–water partition coefficient (Wildman–Crippen LogP) is 2.71. The zero-order chi connectivity index (χ0) is 15.1. The maximum Gasteiger partial charge on any atom is 0.410 e. The monoisotopic (exact) mass is 297 g/mol. The van der Waals surface area contributed by atoms with Crippen molar-refractivity contribution in [3.05, 3.63) is 0 Å². The molecule has 0 N–H and O–H groups in total. The zero-order valence-corrected chi connectivity index (χ0v) is 12.9. The maximum atomic E-state index is 12.4. The molecule has 0 aromatic carbocycles. The minimum Gasteiger partial charge on any atom is -0.444 e. The topological polar surface area (TPSA) is 63.7 Å². The average Bonchev–Trinajstić information content (AvgIpc) is 2.18. The van der Waals surface area contributed by atoms with E-state index in [0.717, 1.165) is 12.8 Å². The van der Waals surface area contributed by atoms with Crippen LogP contribution in [0.5, 0.6) is 0 Å². The van der Waals surface area contributed by atoms with Gasteiger partial charge in [-0.25, -0.2) is 4.79 Å². The highest BCUT2D eigenvalue weighted by Gasteiger charge is 2.22. The third-order valence-electron chi connectivity index (χ3n) is 2.25. The minimum atomic E-state index is -4.48. The molecular weight excluding hydrogens is 273 g/mol. The number of carbonyl (C=O) groups excluding carboxylic acids is 1. The Morgan fingerprint density at radius 2 is 1.74 bits per heavy atom. The van der Waals surface area contributed by atoms with E-state index in [4.69, 9.17) is 4.74 Å². The summed E-state index contributed by atoms with van der Waals surface area (Å²) in [6.07, 6.45) is 1.28. The highest BCUT2D eigenvalue weighted by molar-refractivity contribution is 7.86. The molecule has 19 heavy (non-hydrogen) atoms. The smallest absolute Gasteiger partial charge is 0.410 e. The Kier molecular flexibility index (Phi) is 7.33. The Hall–Kier alpha value is -0.850. The summed E-state index contributed by atoms with van der Waals surface area (Å²) in [5, 5.41) is 0. The van der Waals surface area contributed by atoms with Gasteiger partial charge in [0.15, 0.2) is 0 Å². The molecule has 0 aliphatic carbocycles. The second kappa shape index (κ2) is 7.67. The van der Waals surface area contributed by atoms with Gasteiger partial charge in [-0.15, -0.1) is 3.89 Å². The molecule has 0 aliphatic heterocycles. The summed E-state index contributed by atoms with van der Waals surface area (Å²) in [5.74, 6) is -0.571. The third-order valence-corrected chi connectivity index (χ3v) is 3.03. The Morgan fingerprint density at radius 1 is 1.21 bits per heavy atom. The number of halogens is 1. The SMILES string of the molecule is CCCCN(CCCS(=O)(=O)F)C(=O)OC(C)(C)C. The van der Waals surface area contributed by atoms with Gasteiger partial charge in [-0.2, -0.15) is 8.42 Å². The number of ether oxygens (including phenoxy) is 1. The van der Waals surface area contributed by atoms with E-state index in [9.17, 15) is 17.1 Å². The fourth-order valence-electron chi connectivity index (χ4n) is 1.40. The highest BCUT2D eigenvalue weighted by atomic mass is 32.3. The first-order valence-corrected chi connectivity index (χ1v) is 8.00. The summed E-state index contributed by atoms with van der Waals surface area (Å²) in [5.41, 5.74) is -0.603. The summed E-state index contributed by atoms with van der Waals surface area (Å²) in [6.45, 7) is 7.92. The van der Waals surface area contributed by atoms with Crippen LogP contribution >= 0.6 is 0 Å². The van der Waals surface area contributed by atoms with E-state index in [-0.39, 0.29) is 13.0 Å². The normalized spacial score (nSPS) is 12.3. The first-order valence-electron chi connectivity index (χ1n) is 6.45. The maximum absolute atomic E-state index is 12.4. The summed E-state index contributed by atoms with van der Waals surface area (Å²) in [6, 6.07) is 0. The number of nitrogens with zero attached hydrogens (tertiary/aromatic N) is 1. The molecule has 0 saturated heterocycles. The zero-order valence-electron chi connectivity index (χ0n) is 12.1. The van der Waals surface area contributed by atoms with Crippen LogP contribution in [0.4, 0.5) is 8.68 Å². The van der Waals surface area contributed by atoms with E-state index >= 15 is 0 Å². The van der Waals surface area contributed by atoms with E-state index < -0.39 is 27.7 Å². The molecule has 0 aliphatic rings. The number of unbranched alkanes of at least 4 members (excludes halogenated alkanes) is 1. The van der Waals surface area contributed by atoms with Crippen molar-refractivity contribution in [2.24, 2.45) is 0 Å². The van der Waals surface area contributed by atoms with Crippen molar-refractivity contribution in [2.75, 3.05) is 18.8 Å². The van der Waals surface area contributed by atoms with Gasteiger partial charge in [0.2, 0.25) is 0 Å². The average molecular weight is 297 g/mol. The van der Waals surface area contributed by atoms with Gasteiger partial charge in [0.05, 0.1) is 5.75 Å². The van der Waals surface area contributed by atoms with Gasteiger partial charge in [-0.1, -0.05) is 13.3 Å². The standard InChI is InChI=1S/C12H24FNO4S/c1-5-6-8-14(9-7-10-19(13,16)17)11(15)18-12(2,3)4/h5-10H2,1-4H3. The van der Waals surface area contributed by atoms with Gasteiger partial charge in [0, 0.05) is 13.1 Å². The van der Waals surface area contributed by atoms with Gasteiger partial charge < -0.3 is 9.64 Å². The van der Waals surface area contributed by atoms with Gasteiger partial charge >= 0.3 is 16.3 Å². The van der Waals surface area contributed by atoms with E-state index in [1.54, 1.807) is 20.8 Å². The molecular formula is C12H24FNO4S. The van der Waals surface area contributed by atoms with Gasteiger partial charge in [0.25, 0.3) is 0 Å². The second-order valence-electron chi connectivity index (χ2n) is 5.42. The van der Waals surface area contributed by atoms with Crippen LogP contribution in [0.3, 0.4) is 0 Å². The first-order chi connectivity index (χ1) is 8.55. The van der Waals surface area contributed by atoms with Crippen molar-refractivity contribution < 1.29 is 21.8 Å². The molecule has 114 valence electrons. The van der Waals surface area contributed by atoms with Crippen LogP contribution < -0.4 is 0 Å². The lowest BCUT2D eigenvalue weighted by Crippen LogP contribution is -2.38. The Bertz CT molecular complexity index is 376. The lowest BCUT2D eigenvalue weighted by Gasteiger charge is -2.27. The molecule has 0 aromatic heterocycles. The van der Waals surface area contributed by atoms with E-state index in [2.05, 4.69) is 0 Å². The molecule has 0 heterocycles. The van der Waals surface area contributed by atoms with Crippen molar-refractivity contribution >= 4 is 16.3 Å². The molecule has 0 rings (SSSR count). The van der Waals surface area contributed by atoms with Crippen LogP contribution in [0, 0.1) is 0 Å². The van der Waals surface area contributed by atoms with Crippen molar-refractivity contribution in [3.63, 3.8) is 0 Å². The first kappa shape index (κ1) is 18.1. The molecule has 5 nitrogen and oxygen atoms in total. The van der Waals surface area contributed by atoms with Crippen LogP contribution in [0.2, 0.25) is 0 Å². The van der Waals surface area contributed by atoms with Crippen molar-refractivity contribution in [3.8, 4) is 0 Å². The third kappa shape index (κ3) is 10.7. The van der Waals surface area contributed by atoms with Gasteiger partial charge in [0.1, 0.15) is 5.60 Å². The van der Waals surface area contributed by atoms with Crippen LogP contribution in [0.25, 0.3) is 0 Å². The molecule has 0 spiro atoms. The number of carbonyl (C=O) groups is 1. The van der Waals surface area contributed by atoms with Gasteiger partial charge in [-0.05, 0) is 33.6 Å². The molecule has 0 atom stereocenters. The molecule has 7 heteroatoms. The number of hydrogen-bond donors (Lipinski definition) is 0. The number of rotatable bonds is 7. The number of amides is 1. The lowest BCUT2D eigenvalue weighted by molar-refractivity contribution is 0.0247. The molecule has 0 saturated carbocycles. The van der Waals surface area contributed by atoms with E-state index in [0.29, 0.717) is 6.54 Å². The van der Waals surface area contributed by atoms with Gasteiger partial charge in [-0.3, -0.25) is 0 Å². The van der Waals surface area contributed by atoms with E-state index in [1.165, 1.54) is 4.90 Å². The van der Waals surface area contributed by atoms with Crippen molar-refractivity contribution in [2.45, 2.75) is 52.6 Å². The summed E-state index contributed by atoms with van der Waals surface area (Å²) in [4.78, 5) is 13.3. The summed E-state index contributed by atoms with van der Waals surface area (Å²) < 4.78 is 38.5. The Labute approximate surface area is 115 Å². The molecule has 0 bridgehead atoms. The van der Waals surface area contributed by atoms with Crippen molar-refractivity contribution in [1.82, 2.24) is 4.90 Å². The fraction of sp³-hybridized carbons (Fsp3) is 0.917.